The quantitative estimate of drug-likeness (QED) is 0.703. The molecule has 0 saturated heterocycles. The first-order valence-corrected chi connectivity index (χ1v) is 7.39. The van der Waals surface area contributed by atoms with Gasteiger partial charge in [0.1, 0.15) is 5.69 Å². The number of carboxylic acid groups (broad SMARTS) is 1. The van der Waals surface area contributed by atoms with Crippen molar-refractivity contribution in [1.82, 2.24) is 9.97 Å². The Bertz CT molecular complexity index is 917. The molecule has 2 N–H and O–H groups in total. The number of aromatic amines is 1. The van der Waals surface area contributed by atoms with Gasteiger partial charge in [-0.15, -0.1) is 0 Å². The maximum Gasteiger partial charge on any atom is 0.307 e. The number of halogens is 2. The number of rotatable bonds is 4. The molecule has 0 unspecified atom stereocenters. The van der Waals surface area contributed by atoms with Gasteiger partial charge >= 0.3 is 5.97 Å². The highest BCUT2D eigenvalue weighted by Crippen LogP contribution is 2.27. The fourth-order valence-corrected chi connectivity index (χ4v) is 2.67. The van der Waals surface area contributed by atoms with Crippen molar-refractivity contribution in [3.05, 3.63) is 63.5 Å². The largest absolute Gasteiger partial charge is 0.481 e. The molecular weight excluding hydrogens is 339 g/mol. The highest BCUT2D eigenvalue weighted by molar-refractivity contribution is 6.31. The zero-order chi connectivity index (χ0) is 16.6. The van der Waals surface area contributed by atoms with Gasteiger partial charge in [-0.2, -0.15) is 0 Å². The van der Waals surface area contributed by atoms with Crippen molar-refractivity contribution in [2.75, 3.05) is 0 Å². The Labute approximate surface area is 140 Å². The maximum absolute atomic E-state index is 12.7. The summed E-state index contributed by atoms with van der Waals surface area (Å²) in [6, 6.07) is 8.05. The fourth-order valence-electron chi connectivity index (χ4n) is 2.39. The van der Waals surface area contributed by atoms with Crippen molar-refractivity contribution in [3.63, 3.8) is 0 Å². The standard InChI is InChI=1S/C16H10Cl2N2O3/c17-8-1-3-12-10(5-8)11(6-14(21)22)15(20-12)16(23)13-4-2-9(18)7-19-13/h1-5,7,20H,6H2,(H,21,22). The molecule has 3 rings (SSSR count). The van der Waals surface area contributed by atoms with Crippen LogP contribution < -0.4 is 0 Å². The molecule has 0 aliphatic carbocycles. The average Bonchev–Trinajstić information content (AvgIpc) is 2.85. The monoisotopic (exact) mass is 348 g/mol. The van der Waals surface area contributed by atoms with Gasteiger partial charge in [0.15, 0.2) is 0 Å². The van der Waals surface area contributed by atoms with Gasteiger partial charge in [-0.3, -0.25) is 14.6 Å². The van der Waals surface area contributed by atoms with Gasteiger partial charge in [-0.25, -0.2) is 0 Å². The van der Waals surface area contributed by atoms with Gasteiger partial charge in [0, 0.05) is 27.7 Å². The highest BCUT2D eigenvalue weighted by atomic mass is 35.5. The Balaban J connectivity index is 2.17. The van der Waals surface area contributed by atoms with Crippen LogP contribution in [0.1, 0.15) is 21.7 Å². The van der Waals surface area contributed by atoms with Crippen LogP contribution in [0.15, 0.2) is 36.5 Å². The van der Waals surface area contributed by atoms with Crippen LogP contribution in [0, 0.1) is 0 Å². The lowest BCUT2D eigenvalue weighted by Gasteiger charge is -2.02. The number of nitrogens with zero attached hydrogens (tertiary/aromatic N) is 1. The van der Waals surface area contributed by atoms with Crippen molar-refractivity contribution in [2.45, 2.75) is 6.42 Å². The molecule has 7 heteroatoms. The van der Waals surface area contributed by atoms with Crippen molar-refractivity contribution in [2.24, 2.45) is 0 Å². The molecule has 1 aromatic carbocycles. The maximum atomic E-state index is 12.7. The number of carbonyl (C=O) groups excluding carboxylic acids is 1. The minimum atomic E-state index is -1.04. The van der Waals surface area contributed by atoms with Crippen LogP contribution in [-0.4, -0.2) is 26.8 Å². The number of H-pyrrole nitrogens is 1. The Morgan fingerprint density at radius 3 is 2.52 bits per heavy atom. The van der Waals surface area contributed by atoms with Crippen LogP contribution in [0.4, 0.5) is 0 Å². The minimum absolute atomic E-state index is 0.179. The van der Waals surface area contributed by atoms with Gasteiger partial charge in [0.05, 0.1) is 17.1 Å². The van der Waals surface area contributed by atoms with E-state index in [9.17, 15) is 9.59 Å². The third-order valence-corrected chi connectivity index (χ3v) is 3.84. The molecule has 5 nitrogen and oxygen atoms in total. The molecule has 0 amide bonds. The minimum Gasteiger partial charge on any atom is -0.481 e. The lowest BCUT2D eigenvalue weighted by Crippen LogP contribution is -2.10. The molecule has 2 heterocycles. The first-order chi connectivity index (χ1) is 11.0. The molecule has 0 saturated carbocycles. The third-order valence-electron chi connectivity index (χ3n) is 3.38. The summed E-state index contributed by atoms with van der Waals surface area (Å²) in [7, 11) is 0. The number of carboxylic acids is 1. The van der Waals surface area contributed by atoms with E-state index in [2.05, 4.69) is 9.97 Å². The van der Waals surface area contributed by atoms with E-state index in [4.69, 9.17) is 28.3 Å². The van der Waals surface area contributed by atoms with Crippen LogP contribution in [0.2, 0.25) is 10.0 Å². The van der Waals surface area contributed by atoms with Crippen molar-refractivity contribution in [3.8, 4) is 0 Å². The third kappa shape index (κ3) is 3.06. The van der Waals surface area contributed by atoms with Crippen molar-refractivity contribution in [1.29, 1.82) is 0 Å². The predicted molar refractivity (Wildman–Crippen MR) is 87.3 cm³/mol. The number of aliphatic carboxylic acids is 1. The number of pyridine rings is 1. The first kappa shape index (κ1) is 15.5. The summed E-state index contributed by atoms with van der Waals surface area (Å²) in [5, 5.41) is 10.6. The van der Waals surface area contributed by atoms with Crippen molar-refractivity contribution >= 4 is 45.9 Å². The molecule has 0 bridgehead atoms. The second kappa shape index (κ2) is 6.02. The zero-order valence-corrected chi connectivity index (χ0v) is 13.1. The first-order valence-electron chi connectivity index (χ1n) is 6.64. The summed E-state index contributed by atoms with van der Waals surface area (Å²) in [5.74, 6) is -1.44. The van der Waals surface area contributed by atoms with Crippen LogP contribution in [0.25, 0.3) is 10.9 Å². The van der Waals surface area contributed by atoms with E-state index in [1.54, 1.807) is 24.3 Å². The van der Waals surface area contributed by atoms with Crippen LogP contribution >= 0.6 is 23.2 Å². The van der Waals surface area contributed by atoms with Gasteiger partial charge in [0.25, 0.3) is 0 Å². The number of nitrogens with one attached hydrogen (secondary N) is 1. The molecule has 23 heavy (non-hydrogen) atoms. The fraction of sp³-hybridized carbons (Fsp3) is 0.0625. The van der Waals surface area contributed by atoms with Gasteiger partial charge in [-0.1, -0.05) is 23.2 Å². The lowest BCUT2D eigenvalue weighted by atomic mass is 10.0. The van der Waals surface area contributed by atoms with Crippen LogP contribution in [0.5, 0.6) is 0 Å². The number of carbonyl (C=O) groups is 2. The number of aromatic nitrogens is 2. The Morgan fingerprint density at radius 1 is 1.13 bits per heavy atom. The smallest absolute Gasteiger partial charge is 0.307 e. The van der Waals surface area contributed by atoms with Crippen LogP contribution in [0.3, 0.4) is 0 Å². The molecule has 0 radical (unpaired) electrons. The average molecular weight is 349 g/mol. The molecule has 0 atom stereocenters. The topological polar surface area (TPSA) is 83.0 Å². The summed E-state index contributed by atoms with van der Waals surface area (Å²) in [5.41, 5.74) is 1.40. The second-order valence-corrected chi connectivity index (χ2v) is 5.80. The van der Waals surface area contributed by atoms with Crippen LogP contribution in [-0.2, 0) is 11.2 Å². The zero-order valence-electron chi connectivity index (χ0n) is 11.6. The van der Waals surface area contributed by atoms with E-state index < -0.39 is 11.8 Å². The Kier molecular flexibility index (Phi) is 4.07. The number of hydrogen-bond acceptors (Lipinski definition) is 3. The second-order valence-electron chi connectivity index (χ2n) is 4.93. The van der Waals surface area contributed by atoms with Gasteiger partial charge in [0.2, 0.25) is 5.78 Å². The molecule has 3 aromatic rings. The summed E-state index contributed by atoms with van der Waals surface area (Å²) < 4.78 is 0. The van der Waals surface area contributed by atoms with Gasteiger partial charge < -0.3 is 10.1 Å². The number of fused-ring (bicyclic) bond motifs is 1. The summed E-state index contributed by atoms with van der Waals surface area (Å²) in [6.07, 6.45) is 1.07. The summed E-state index contributed by atoms with van der Waals surface area (Å²) in [4.78, 5) is 30.8. The molecule has 0 aliphatic heterocycles. The van der Waals surface area contributed by atoms with Gasteiger partial charge in [-0.05, 0) is 30.3 Å². The number of ketones is 1. The number of benzene rings is 1. The van der Waals surface area contributed by atoms with Crippen molar-refractivity contribution < 1.29 is 14.7 Å². The Morgan fingerprint density at radius 2 is 1.87 bits per heavy atom. The Hall–Kier alpha value is -2.37. The van der Waals surface area contributed by atoms with E-state index in [1.165, 1.54) is 12.3 Å². The summed E-state index contributed by atoms with van der Waals surface area (Å²) >= 11 is 11.7. The highest BCUT2D eigenvalue weighted by Gasteiger charge is 2.22. The summed E-state index contributed by atoms with van der Waals surface area (Å²) in [6.45, 7) is 0. The van der Waals surface area contributed by atoms with E-state index in [-0.39, 0.29) is 17.8 Å². The van der Waals surface area contributed by atoms with E-state index in [0.717, 1.165) is 0 Å². The van der Waals surface area contributed by atoms with E-state index in [1.807, 2.05) is 0 Å². The van der Waals surface area contributed by atoms with E-state index in [0.29, 0.717) is 26.5 Å². The molecule has 0 aliphatic rings. The lowest BCUT2D eigenvalue weighted by molar-refractivity contribution is -0.136. The molecule has 116 valence electrons. The molecule has 0 spiro atoms. The van der Waals surface area contributed by atoms with E-state index >= 15 is 0 Å². The predicted octanol–water partition coefficient (Wildman–Crippen LogP) is 3.73. The molecular formula is C16H10Cl2N2O3. The normalized spacial score (nSPS) is 10.9. The number of hydrogen-bond donors (Lipinski definition) is 2. The SMILES string of the molecule is O=C(O)Cc1c(C(=O)c2ccc(Cl)cn2)[nH]c2ccc(Cl)cc12. The molecule has 2 aromatic heterocycles. The molecule has 0 fully saturated rings.